The van der Waals surface area contributed by atoms with E-state index in [2.05, 4.69) is 0 Å². The number of benzene rings is 1. The fourth-order valence-electron chi connectivity index (χ4n) is 1.25. The lowest BCUT2D eigenvalue weighted by Gasteiger charge is -1.99. The Labute approximate surface area is 104 Å². The normalized spacial score (nSPS) is 10.4. The fraction of sp³-hybridized carbons (Fsp3) is 0.231. The summed E-state index contributed by atoms with van der Waals surface area (Å²) in [7, 11) is 0. The van der Waals surface area contributed by atoms with Gasteiger partial charge in [0.1, 0.15) is 5.82 Å². The van der Waals surface area contributed by atoms with E-state index in [9.17, 15) is 9.18 Å². The Morgan fingerprint density at radius 2 is 2.35 bits per heavy atom. The number of thioether (sulfide) groups is 1. The van der Waals surface area contributed by atoms with Gasteiger partial charge in [0.05, 0.1) is 12.5 Å². The van der Waals surface area contributed by atoms with E-state index in [-0.39, 0.29) is 17.4 Å². The first-order chi connectivity index (χ1) is 8.13. The Morgan fingerprint density at radius 3 is 2.94 bits per heavy atom. The summed E-state index contributed by atoms with van der Waals surface area (Å²) < 4.78 is 13.4. The number of nitriles is 1. The lowest BCUT2D eigenvalue weighted by atomic mass is 10.1. The standard InChI is InChI=1S/C13H12FNOS/c1-10(16)17-8-2-3-11-4-5-12(6-7-15)13(14)9-11/h2-5,9H,6,8H2,1H3. The maximum Gasteiger partial charge on any atom is 0.186 e. The molecule has 0 heterocycles. The predicted molar refractivity (Wildman–Crippen MR) is 67.9 cm³/mol. The smallest absolute Gasteiger partial charge is 0.186 e. The number of rotatable bonds is 4. The van der Waals surface area contributed by atoms with E-state index >= 15 is 0 Å². The van der Waals surface area contributed by atoms with Crippen molar-refractivity contribution in [3.05, 3.63) is 41.2 Å². The van der Waals surface area contributed by atoms with E-state index in [1.54, 1.807) is 18.2 Å². The summed E-state index contributed by atoms with van der Waals surface area (Å²) in [5.41, 5.74) is 1.14. The van der Waals surface area contributed by atoms with E-state index in [0.717, 1.165) is 5.56 Å². The maximum atomic E-state index is 13.4. The molecule has 0 atom stereocenters. The van der Waals surface area contributed by atoms with E-state index in [1.165, 1.54) is 24.8 Å². The average molecular weight is 249 g/mol. The first-order valence-corrected chi connectivity index (χ1v) is 6.07. The fourth-order valence-corrected chi connectivity index (χ4v) is 1.67. The molecule has 1 aromatic rings. The number of carbonyl (C=O) groups excluding carboxylic acids is 1. The maximum absolute atomic E-state index is 13.4. The molecular formula is C13H12FNOS. The van der Waals surface area contributed by atoms with Crippen molar-refractivity contribution in [3.8, 4) is 6.07 Å². The molecular weight excluding hydrogens is 237 g/mol. The van der Waals surface area contributed by atoms with Gasteiger partial charge in [-0.25, -0.2) is 4.39 Å². The molecule has 2 nitrogen and oxygen atoms in total. The third-order valence-corrected chi connectivity index (χ3v) is 2.81. The Kier molecular flexibility index (Phi) is 5.44. The first kappa shape index (κ1) is 13.5. The summed E-state index contributed by atoms with van der Waals surface area (Å²) in [5, 5.41) is 8.53. The minimum Gasteiger partial charge on any atom is -0.288 e. The van der Waals surface area contributed by atoms with Crippen molar-refractivity contribution in [2.24, 2.45) is 0 Å². The van der Waals surface area contributed by atoms with Crippen molar-refractivity contribution in [2.45, 2.75) is 13.3 Å². The summed E-state index contributed by atoms with van der Waals surface area (Å²) >= 11 is 1.20. The molecule has 1 aromatic carbocycles. The zero-order chi connectivity index (χ0) is 12.7. The van der Waals surface area contributed by atoms with Crippen molar-refractivity contribution in [1.29, 1.82) is 5.26 Å². The molecule has 0 radical (unpaired) electrons. The molecule has 17 heavy (non-hydrogen) atoms. The van der Waals surface area contributed by atoms with Crippen molar-refractivity contribution < 1.29 is 9.18 Å². The zero-order valence-electron chi connectivity index (χ0n) is 9.44. The number of halogens is 1. The largest absolute Gasteiger partial charge is 0.288 e. The quantitative estimate of drug-likeness (QED) is 0.822. The molecule has 0 amide bonds. The van der Waals surface area contributed by atoms with Crippen LogP contribution in [0.25, 0.3) is 6.08 Å². The summed E-state index contributed by atoms with van der Waals surface area (Å²) in [6.45, 7) is 1.51. The third-order valence-electron chi connectivity index (χ3n) is 2.04. The van der Waals surface area contributed by atoms with Crippen molar-refractivity contribution in [1.82, 2.24) is 0 Å². The van der Waals surface area contributed by atoms with Gasteiger partial charge in [-0.3, -0.25) is 4.79 Å². The summed E-state index contributed by atoms with van der Waals surface area (Å²) in [6, 6.07) is 6.66. The van der Waals surface area contributed by atoms with E-state index in [0.29, 0.717) is 11.3 Å². The SMILES string of the molecule is CC(=O)SCC=Cc1ccc(CC#N)c(F)c1. The van der Waals surface area contributed by atoms with Crippen LogP contribution in [0, 0.1) is 17.1 Å². The molecule has 1 rings (SSSR count). The molecule has 0 bridgehead atoms. The Hall–Kier alpha value is -1.60. The zero-order valence-corrected chi connectivity index (χ0v) is 10.3. The third kappa shape index (κ3) is 4.83. The van der Waals surface area contributed by atoms with Crippen LogP contribution in [0.2, 0.25) is 0 Å². The number of nitrogens with zero attached hydrogens (tertiary/aromatic N) is 1. The Bertz CT molecular complexity index is 477. The van der Waals surface area contributed by atoms with Gasteiger partial charge in [0, 0.05) is 18.2 Å². The van der Waals surface area contributed by atoms with Crippen LogP contribution in [0.5, 0.6) is 0 Å². The highest BCUT2D eigenvalue weighted by Gasteiger charge is 2.01. The van der Waals surface area contributed by atoms with Crippen LogP contribution >= 0.6 is 11.8 Å². The average Bonchev–Trinajstić information content (AvgIpc) is 2.28. The summed E-state index contributed by atoms with van der Waals surface area (Å²) in [5.74, 6) is 0.213. The van der Waals surface area contributed by atoms with Crippen molar-refractivity contribution >= 4 is 23.0 Å². The topological polar surface area (TPSA) is 40.9 Å². The number of carbonyl (C=O) groups is 1. The molecule has 0 aromatic heterocycles. The van der Waals surface area contributed by atoms with Gasteiger partial charge < -0.3 is 0 Å². The highest BCUT2D eigenvalue weighted by Crippen LogP contribution is 2.13. The van der Waals surface area contributed by atoms with Crippen LogP contribution in [0.1, 0.15) is 18.1 Å². The highest BCUT2D eigenvalue weighted by atomic mass is 32.2. The van der Waals surface area contributed by atoms with Crippen molar-refractivity contribution in [2.75, 3.05) is 5.75 Å². The van der Waals surface area contributed by atoms with Gasteiger partial charge in [0.2, 0.25) is 0 Å². The molecule has 0 aliphatic carbocycles. The van der Waals surface area contributed by atoms with Crippen LogP contribution in [0.3, 0.4) is 0 Å². The minimum atomic E-state index is -0.368. The van der Waals surface area contributed by atoms with Crippen LogP contribution in [-0.4, -0.2) is 10.9 Å². The van der Waals surface area contributed by atoms with Crippen LogP contribution in [0.4, 0.5) is 4.39 Å². The van der Waals surface area contributed by atoms with Crippen molar-refractivity contribution in [3.63, 3.8) is 0 Å². The van der Waals surface area contributed by atoms with E-state index < -0.39 is 0 Å². The summed E-state index contributed by atoms with van der Waals surface area (Å²) in [4.78, 5) is 10.7. The lowest BCUT2D eigenvalue weighted by Crippen LogP contribution is -1.89. The van der Waals surface area contributed by atoms with Crippen LogP contribution < -0.4 is 0 Å². The molecule has 0 spiro atoms. The van der Waals surface area contributed by atoms with Gasteiger partial charge in [-0.2, -0.15) is 5.26 Å². The monoisotopic (exact) mass is 249 g/mol. The highest BCUT2D eigenvalue weighted by molar-refractivity contribution is 8.13. The molecule has 0 saturated heterocycles. The first-order valence-electron chi connectivity index (χ1n) is 5.08. The van der Waals surface area contributed by atoms with Crippen LogP contribution in [0.15, 0.2) is 24.3 Å². The molecule has 88 valence electrons. The second kappa shape index (κ2) is 6.87. The minimum absolute atomic E-state index is 0.0604. The van der Waals surface area contributed by atoms with Gasteiger partial charge in [0.25, 0.3) is 0 Å². The van der Waals surface area contributed by atoms with Gasteiger partial charge in [-0.1, -0.05) is 36.0 Å². The second-order valence-corrected chi connectivity index (χ2v) is 4.59. The summed E-state index contributed by atoms with van der Waals surface area (Å²) in [6.07, 6.45) is 3.65. The molecule has 0 saturated carbocycles. The number of hydrogen-bond acceptors (Lipinski definition) is 3. The molecule has 0 aliphatic heterocycles. The van der Waals surface area contributed by atoms with E-state index in [4.69, 9.17) is 5.26 Å². The second-order valence-electron chi connectivity index (χ2n) is 3.39. The van der Waals surface area contributed by atoms with Gasteiger partial charge in [-0.05, 0) is 11.6 Å². The molecule has 0 aliphatic rings. The van der Waals surface area contributed by atoms with Gasteiger partial charge in [0.15, 0.2) is 5.12 Å². The van der Waals surface area contributed by atoms with E-state index in [1.807, 2.05) is 12.1 Å². The molecule has 0 unspecified atom stereocenters. The molecule has 0 N–H and O–H groups in total. The number of hydrogen-bond donors (Lipinski definition) is 0. The lowest BCUT2D eigenvalue weighted by molar-refractivity contribution is -0.109. The predicted octanol–water partition coefficient (Wildman–Crippen LogP) is 3.18. The van der Waals surface area contributed by atoms with Gasteiger partial charge in [-0.15, -0.1) is 0 Å². The Balaban J connectivity index is 2.64. The van der Waals surface area contributed by atoms with Gasteiger partial charge >= 0.3 is 0 Å². The molecule has 0 fully saturated rings. The Morgan fingerprint density at radius 1 is 1.59 bits per heavy atom. The van der Waals surface area contributed by atoms with Crippen LogP contribution in [-0.2, 0) is 11.2 Å². The molecule has 4 heteroatoms.